The third-order valence-corrected chi connectivity index (χ3v) is 1.04. The highest BCUT2D eigenvalue weighted by Gasteiger charge is 2.29. The van der Waals surface area contributed by atoms with Crippen LogP contribution in [0, 0.1) is 0 Å². The Kier molecular flexibility index (Phi) is 1.23. The average molecular weight is 126 g/mol. The topological polar surface area (TPSA) is 42.1 Å². The lowest BCUT2D eigenvalue weighted by molar-refractivity contribution is 0.245. The molecule has 0 atom stereocenters. The van der Waals surface area contributed by atoms with E-state index in [0.717, 1.165) is 0 Å². The van der Waals surface area contributed by atoms with Crippen LogP contribution in [0.2, 0.25) is 0 Å². The van der Waals surface area contributed by atoms with Gasteiger partial charge in [0.2, 0.25) is 5.22 Å². The highest BCUT2D eigenvalue weighted by atomic mass is 15.7. The van der Waals surface area contributed by atoms with Gasteiger partial charge in [-0.1, -0.05) is 0 Å². The van der Waals surface area contributed by atoms with Crippen LogP contribution < -0.4 is 5.22 Å². The van der Waals surface area contributed by atoms with Crippen molar-refractivity contribution in [3.8, 4) is 0 Å². The maximum Gasteiger partial charge on any atom is 0.252 e. The SMILES string of the molecule is CC(C)(C)N1C=N[N+]=N1. The van der Waals surface area contributed by atoms with Crippen LogP contribution in [0.1, 0.15) is 20.8 Å². The van der Waals surface area contributed by atoms with Crippen molar-refractivity contribution in [2.45, 2.75) is 26.3 Å². The van der Waals surface area contributed by atoms with E-state index in [9.17, 15) is 0 Å². The van der Waals surface area contributed by atoms with Gasteiger partial charge in [0.05, 0.1) is 0 Å². The molecule has 0 unspecified atom stereocenters. The van der Waals surface area contributed by atoms with Crippen LogP contribution in [0.4, 0.5) is 0 Å². The summed E-state index contributed by atoms with van der Waals surface area (Å²) in [6.45, 7) is 6.14. The molecule has 4 nitrogen and oxygen atoms in total. The van der Waals surface area contributed by atoms with Gasteiger partial charge in [0.15, 0.2) is 5.22 Å². The largest absolute Gasteiger partial charge is 0.252 e. The van der Waals surface area contributed by atoms with Crippen LogP contribution >= 0.6 is 0 Å². The standard InChI is InChI=1S/C5H10N4/c1-5(2,3)9-4-6-7-8-9/h4H,1-3H3/q+1. The molecule has 4 heteroatoms. The molecule has 1 aliphatic heterocycles. The van der Waals surface area contributed by atoms with E-state index < -0.39 is 0 Å². The molecule has 9 heavy (non-hydrogen) atoms. The molecule has 0 aromatic rings. The molecule has 1 radical (unpaired) electrons. The predicted molar refractivity (Wildman–Crippen MR) is 34.6 cm³/mol. The quantitative estimate of drug-likeness (QED) is 0.472. The molecule has 0 aromatic carbocycles. The maximum absolute atomic E-state index is 3.74. The van der Waals surface area contributed by atoms with E-state index in [1.54, 1.807) is 11.3 Å². The lowest BCUT2D eigenvalue weighted by Crippen LogP contribution is -2.34. The molecule has 0 aliphatic carbocycles. The molecular weight excluding hydrogens is 116 g/mol. The van der Waals surface area contributed by atoms with Crippen LogP contribution in [0.25, 0.3) is 0 Å². The lowest BCUT2D eigenvalue weighted by atomic mass is 10.1. The fourth-order valence-corrected chi connectivity index (χ4v) is 0.469. The zero-order chi connectivity index (χ0) is 6.91. The monoisotopic (exact) mass is 126 g/mol. The van der Waals surface area contributed by atoms with Gasteiger partial charge in [0.1, 0.15) is 5.54 Å². The first-order valence-electron chi connectivity index (χ1n) is 2.84. The van der Waals surface area contributed by atoms with Gasteiger partial charge in [0.25, 0.3) is 6.34 Å². The maximum atomic E-state index is 3.74. The van der Waals surface area contributed by atoms with Crippen LogP contribution in [0.5, 0.6) is 0 Å². The third-order valence-electron chi connectivity index (χ3n) is 1.04. The van der Waals surface area contributed by atoms with E-state index in [-0.39, 0.29) is 5.54 Å². The second-order valence-electron chi connectivity index (χ2n) is 2.93. The van der Waals surface area contributed by atoms with Crippen molar-refractivity contribution in [2.75, 3.05) is 0 Å². The van der Waals surface area contributed by atoms with Crippen molar-refractivity contribution in [1.29, 1.82) is 0 Å². The molecule has 1 aliphatic rings. The molecule has 1 heterocycles. The Morgan fingerprint density at radius 3 is 2.33 bits per heavy atom. The number of rotatable bonds is 0. The van der Waals surface area contributed by atoms with Crippen LogP contribution in [0.3, 0.4) is 0 Å². The summed E-state index contributed by atoms with van der Waals surface area (Å²) >= 11 is 0. The van der Waals surface area contributed by atoms with Crippen molar-refractivity contribution in [3.05, 3.63) is 0 Å². The Balaban J connectivity index is 2.64. The summed E-state index contributed by atoms with van der Waals surface area (Å²) in [5, 5.41) is 12.5. The molecule has 0 saturated heterocycles. The molecule has 1 rings (SSSR count). The summed E-state index contributed by atoms with van der Waals surface area (Å²) in [7, 11) is 0. The minimum absolute atomic E-state index is 0.00347. The molecule has 0 N–H and O–H groups in total. The molecular formula is C5H10N4+. The van der Waals surface area contributed by atoms with Gasteiger partial charge in [-0.05, 0) is 20.8 Å². The van der Waals surface area contributed by atoms with Gasteiger partial charge in [0, 0.05) is 5.10 Å². The summed E-state index contributed by atoms with van der Waals surface area (Å²) in [6, 6.07) is 0. The minimum Gasteiger partial charge on any atom is -0.108 e. The normalized spacial score (nSPS) is 17.4. The second kappa shape index (κ2) is 1.79. The average Bonchev–Trinajstić information content (AvgIpc) is 2.08. The summed E-state index contributed by atoms with van der Waals surface area (Å²) < 4.78 is 0. The Morgan fingerprint density at radius 2 is 2.11 bits per heavy atom. The van der Waals surface area contributed by atoms with Gasteiger partial charge in [-0.15, -0.1) is 5.01 Å². The molecule has 0 bridgehead atoms. The van der Waals surface area contributed by atoms with Crippen LogP contribution in [-0.4, -0.2) is 16.9 Å². The number of hydrogen-bond donors (Lipinski definition) is 0. The van der Waals surface area contributed by atoms with Crippen LogP contribution in [0.15, 0.2) is 10.3 Å². The van der Waals surface area contributed by atoms with Crippen molar-refractivity contribution in [1.82, 2.24) is 10.2 Å². The fourth-order valence-electron chi connectivity index (χ4n) is 0.469. The van der Waals surface area contributed by atoms with Gasteiger partial charge in [-0.3, -0.25) is 0 Å². The van der Waals surface area contributed by atoms with E-state index in [2.05, 4.69) is 15.5 Å². The predicted octanol–water partition coefficient (Wildman–Crippen LogP) is 0.747. The second-order valence-corrected chi connectivity index (χ2v) is 2.93. The molecule has 49 valence electrons. The van der Waals surface area contributed by atoms with E-state index in [1.165, 1.54) is 0 Å². The zero-order valence-corrected chi connectivity index (χ0v) is 5.87. The highest BCUT2D eigenvalue weighted by Crippen LogP contribution is 2.11. The summed E-state index contributed by atoms with van der Waals surface area (Å²) in [4.78, 5) is 0. The first kappa shape index (κ1) is 6.19. The molecule has 0 fully saturated rings. The van der Waals surface area contributed by atoms with Crippen molar-refractivity contribution >= 4 is 6.34 Å². The zero-order valence-electron chi connectivity index (χ0n) is 5.87. The first-order chi connectivity index (χ1) is 4.11. The van der Waals surface area contributed by atoms with Crippen molar-refractivity contribution in [2.24, 2.45) is 10.3 Å². The Hall–Kier alpha value is -0.930. The summed E-state index contributed by atoms with van der Waals surface area (Å²) in [6.07, 6.45) is 1.61. The van der Waals surface area contributed by atoms with Gasteiger partial charge >= 0.3 is 0 Å². The van der Waals surface area contributed by atoms with Crippen LogP contribution in [-0.2, 0) is 0 Å². The Morgan fingerprint density at radius 1 is 1.44 bits per heavy atom. The molecule has 0 amide bonds. The van der Waals surface area contributed by atoms with E-state index in [4.69, 9.17) is 0 Å². The number of hydrogen-bond acceptors (Lipinski definition) is 4. The van der Waals surface area contributed by atoms with E-state index >= 15 is 0 Å². The van der Waals surface area contributed by atoms with Crippen molar-refractivity contribution < 1.29 is 0 Å². The minimum atomic E-state index is 0.00347. The van der Waals surface area contributed by atoms with E-state index in [0.29, 0.717) is 0 Å². The number of nitrogens with zero attached hydrogens (tertiary/aromatic N) is 4. The van der Waals surface area contributed by atoms with Gasteiger partial charge in [-0.25, -0.2) is 0 Å². The van der Waals surface area contributed by atoms with Crippen molar-refractivity contribution in [3.63, 3.8) is 0 Å². The summed E-state index contributed by atoms with van der Waals surface area (Å²) in [5.41, 5.74) is 0.00347. The Bertz CT molecular complexity index is 141. The molecule has 0 spiro atoms. The molecule has 0 saturated carbocycles. The summed E-state index contributed by atoms with van der Waals surface area (Å²) in [5.74, 6) is 0. The highest BCUT2D eigenvalue weighted by molar-refractivity contribution is 5.55. The van der Waals surface area contributed by atoms with Gasteiger partial charge in [-0.2, -0.15) is 0 Å². The Labute approximate surface area is 54.2 Å². The third kappa shape index (κ3) is 1.25. The first-order valence-corrected chi connectivity index (χ1v) is 2.84. The van der Waals surface area contributed by atoms with Gasteiger partial charge < -0.3 is 0 Å². The lowest BCUT2D eigenvalue weighted by Gasteiger charge is -2.15. The van der Waals surface area contributed by atoms with E-state index in [1.807, 2.05) is 20.8 Å². The fraction of sp³-hybridized carbons (Fsp3) is 0.800. The smallest absolute Gasteiger partial charge is 0.108 e. The molecule has 0 aromatic heterocycles.